The SMILES string of the molecule is NC1CCN(C(=O)C(=O)N2CCNCC2)C1. The molecule has 16 heavy (non-hydrogen) atoms. The molecule has 2 aliphatic heterocycles. The molecule has 0 aromatic rings. The summed E-state index contributed by atoms with van der Waals surface area (Å²) in [4.78, 5) is 26.9. The molecule has 2 amide bonds. The first-order valence-electron chi connectivity index (χ1n) is 5.73. The Morgan fingerprint density at radius 2 is 1.69 bits per heavy atom. The molecule has 0 aromatic heterocycles. The second-order valence-corrected chi connectivity index (χ2v) is 4.34. The van der Waals surface area contributed by atoms with Crippen LogP contribution < -0.4 is 11.1 Å². The molecule has 0 aromatic carbocycles. The maximum atomic E-state index is 11.9. The van der Waals surface area contributed by atoms with Gasteiger partial charge in [-0.2, -0.15) is 0 Å². The average molecular weight is 226 g/mol. The fourth-order valence-corrected chi connectivity index (χ4v) is 2.11. The number of hydrogen-bond donors (Lipinski definition) is 2. The molecule has 6 heteroatoms. The van der Waals surface area contributed by atoms with Crippen LogP contribution in [0.1, 0.15) is 6.42 Å². The lowest BCUT2D eigenvalue weighted by Gasteiger charge is -2.28. The number of carbonyl (C=O) groups is 2. The lowest BCUT2D eigenvalue weighted by molar-refractivity contribution is -0.151. The average Bonchev–Trinajstić information content (AvgIpc) is 2.75. The van der Waals surface area contributed by atoms with E-state index in [1.807, 2.05) is 0 Å². The molecule has 2 heterocycles. The quantitative estimate of drug-likeness (QED) is 0.467. The molecule has 0 saturated carbocycles. The third kappa shape index (κ3) is 2.33. The maximum absolute atomic E-state index is 11.9. The molecule has 3 N–H and O–H groups in total. The molecular weight excluding hydrogens is 208 g/mol. The number of nitrogens with zero attached hydrogens (tertiary/aromatic N) is 2. The van der Waals surface area contributed by atoms with Gasteiger partial charge in [0, 0.05) is 45.3 Å². The molecule has 0 radical (unpaired) electrons. The van der Waals surface area contributed by atoms with Crippen molar-refractivity contribution in [3.63, 3.8) is 0 Å². The zero-order valence-electron chi connectivity index (χ0n) is 9.32. The normalized spacial score (nSPS) is 25.9. The van der Waals surface area contributed by atoms with Crippen molar-refractivity contribution in [2.24, 2.45) is 5.73 Å². The number of rotatable bonds is 0. The first-order valence-corrected chi connectivity index (χ1v) is 5.73. The van der Waals surface area contributed by atoms with Gasteiger partial charge in [0.05, 0.1) is 0 Å². The number of nitrogens with one attached hydrogen (secondary N) is 1. The summed E-state index contributed by atoms with van der Waals surface area (Å²) in [6, 6.07) is 0.0276. The van der Waals surface area contributed by atoms with E-state index in [9.17, 15) is 9.59 Å². The van der Waals surface area contributed by atoms with E-state index in [0.717, 1.165) is 19.5 Å². The summed E-state index contributed by atoms with van der Waals surface area (Å²) in [5, 5.41) is 3.15. The van der Waals surface area contributed by atoms with Crippen LogP contribution in [-0.4, -0.2) is 66.9 Å². The van der Waals surface area contributed by atoms with Gasteiger partial charge in [-0.05, 0) is 6.42 Å². The van der Waals surface area contributed by atoms with Crippen LogP contribution in [-0.2, 0) is 9.59 Å². The number of likely N-dealkylation sites (tertiary alicyclic amines) is 1. The van der Waals surface area contributed by atoms with E-state index in [-0.39, 0.29) is 11.9 Å². The van der Waals surface area contributed by atoms with Crippen molar-refractivity contribution in [3.8, 4) is 0 Å². The number of piperazine rings is 1. The highest BCUT2D eigenvalue weighted by Crippen LogP contribution is 2.08. The fraction of sp³-hybridized carbons (Fsp3) is 0.800. The van der Waals surface area contributed by atoms with Crippen molar-refractivity contribution in [2.75, 3.05) is 39.3 Å². The summed E-state index contributed by atoms with van der Waals surface area (Å²) in [5.41, 5.74) is 5.71. The van der Waals surface area contributed by atoms with Crippen molar-refractivity contribution < 1.29 is 9.59 Å². The minimum absolute atomic E-state index is 0.0276. The van der Waals surface area contributed by atoms with Crippen LogP contribution in [0.2, 0.25) is 0 Å². The van der Waals surface area contributed by atoms with Crippen molar-refractivity contribution >= 4 is 11.8 Å². The Bertz CT molecular complexity index is 274. The van der Waals surface area contributed by atoms with Gasteiger partial charge in [-0.25, -0.2) is 0 Å². The summed E-state index contributed by atoms with van der Waals surface area (Å²) in [7, 11) is 0. The van der Waals surface area contributed by atoms with E-state index < -0.39 is 5.91 Å². The highest BCUT2D eigenvalue weighted by atomic mass is 16.2. The monoisotopic (exact) mass is 226 g/mol. The Labute approximate surface area is 94.7 Å². The minimum atomic E-state index is -0.394. The van der Waals surface area contributed by atoms with Gasteiger partial charge in [0.15, 0.2) is 0 Å². The second kappa shape index (κ2) is 4.80. The molecule has 2 fully saturated rings. The Hall–Kier alpha value is -1.14. The zero-order chi connectivity index (χ0) is 11.5. The summed E-state index contributed by atoms with van der Waals surface area (Å²) >= 11 is 0. The van der Waals surface area contributed by atoms with E-state index in [0.29, 0.717) is 26.2 Å². The van der Waals surface area contributed by atoms with Crippen LogP contribution in [0.25, 0.3) is 0 Å². The van der Waals surface area contributed by atoms with Gasteiger partial charge in [-0.1, -0.05) is 0 Å². The van der Waals surface area contributed by atoms with E-state index >= 15 is 0 Å². The van der Waals surface area contributed by atoms with E-state index in [1.165, 1.54) is 0 Å². The summed E-state index contributed by atoms with van der Waals surface area (Å²) in [6.07, 6.45) is 0.792. The largest absolute Gasteiger partial charge is 0.333 e. The van der Waals surface area contributed by atoms with E-state index in [1.54, 1.807) is 9.80 Å². The molecule has 90 valence electrons. The number of nitrogens with two attached hydrogens (primary N) is 1. The van der Waals surface area contributed by atoms with Gasteiger partial charge >= 0.3 is 11.8 Å². The van der Waals surface area contributed by atoms with Gasteiger partial charge in [0.1, 0.15) is 0 Å². The molecule has 2 aliphatic rings. The van der Waals surface area contributed by atoms with Crippen LogP contribution in [0.15, 0.2) is 0 Å². The number of amides is 2. The lowest BCUT2D eigenvalue weighted by atomic mass is 10.3. The Kier molecular flexibility index (Phi) is 3.40. The third-order valence-electron chi connectivity index (χ3n) is 3.10. The Morgan fingerprint density at radius 3 is 2.25 bits per heavy atom. The Balaban J connectivity index is 1.90. The van der Waals surface area contributed by atoms with Crippen LogP contribution in [0.5, 0.6) is 0 Å². The maximum Gasteiger partial charge on any atom is 0.312 e. The molecule has 0 bridgehead atoms. The molecule has 6 nitrogen and oxygen atoms in total. The van der Waals surface area contributed by atoms with E-state index in [2.05, 4.69) is 5.32 Å². The summed E-state index contributed by atoms with van der Waals surface area (Å²) < 4.78 is 0. The zero-order valence-corrected chi connectivity index (χ0v) is 9.32. The predicted octanol–water partition coefficient (Wildman–Crippen LogP) is -2.02. The van der Waals surface area contributed by atoms with Gasteiger partial charge in [0.25, 0.3) is 0 Å². The molecular formula is C10H18N4O2. The summed E-state index contributed by atoms with van der Waals surface area (Å²) in [6.45, 7) is 3.88. The smallest absolute Gasteiger partial charge is 0.312 e. The van der Waals surface area contributed by atoms with Gasteiger partial charge < -0.3 is 20.9 Å². The number of hydrogen-bond acceptors (Lipinski definition) is 4. The molecule has 0 aliphatic carbocycles. The van der Waals surface area contributed by atoms with Crippen molar-refractivity contribution in [2.45, 2.75) is 12.5 Å². The highest BCUT2D eigenvalue weighted by molar-refractivity contribution is 6.35. The standard InChI is InChI=1S/C10H18N4O2/c11-8-1-4-14(7-8)10(16)9(15)13-5-2-12-3-6-13/h8,12H,1-7,11H2. The topological polar surface area (TPSA) is 78.7 Å². The first kappa shape index (κ1) is 11.3. The van der Waals surface area contributed by atoms with Gasteiger partial charge in [0.2, 0.25) is 0 Å². The van der Waals surface area contributed by atoms with Crippen molar-refractivity contribution in [1.29, 1.82) is 0 Å². The molecule has 2 rings (SSSR count). The second-order valence-electron chi connectivity index (χ2n) is 4.34. The number of carbonyl (C=O) groups excluding carboxylic acids is 2. The van der Waals surface area contributed by atoms with E-state index in [4.69, 9.17) is 5.73 Å². The van der Waals surface area contributed by atoms with Crippen LogP contribution in [0.3, 0.4) is 0 Å². The first-order chi connectivity index (χ1) is 7.68. The van der Waals surface area contributed by atoms with Gasteiger partial charge in [-0.3, -0.25) is 9.59 Å². The van der Waals surface area contributed by atoms with Crippen LogP contribution in [0, 0.1) is 0 Å². The predicted molar refractivity (Wildman–Crippen MR) is 58.6 cm³/mol. The van der Waals surface area contributed by atoms with Crippen molar-refractivity contribution in [1.82, 2.24) is 15.1 Å². The highest BCUT2D eigenvalue weighted by Gasteiger charge is 2.31. The fourth-order valence-electron chi connectivity index (χ4n) is 2.11. The third-order valence-corrected chi connectivity index (χ3v) is 3.10. The Morgan fingerprint density at radius 1 is 1.06 bits per heavy atom. The van der Waals surface area contributed by atoms with Gasteiger partial charge in [-0.15, -0.1) is 0 Å². The van der Waals surface area contributed by atoms with Crippen LogP contribution in [0.4, 0.5) is 0 Å². The van der Waals surface area contributed by atoms with Crippen LogP contribution >= 0.6 is 0 Å². The molecule has 2 saturated heterocycles. The molecule has 0 spiro atoms. The molecule has 1 unspecified atom stereocenters. The molecule has 1 atom stereocenters. The van der Waals surface area contributed by atoms with Crippen molar-refractivity contribution in [3.05, 3.63) is 0 Å². The lowest BCUT2D eigenvalue weighted by Crippen LogP contribution is -2.52. The summed E-state index contributed by atoms with van der Waals surface area (Å²) in [5.74, 6) is -0.773. The minimum Gasteiger partial charge on any atom is -0.333 e.